The second-order valence-electron chi connectivity index (χ2n) is 8.07. The Bertz CT molecular complexity index is 910. The number of methoxy groups -OCH3 is 1. The molecule has 2 aliphatic rings. The molecule has 0 spiro atoms. The first-order valence-electron chi connectivity index (χ1n) is 10.6. The average molecular weight is 426 g/mol. The number of halogens is 1. The quantitative estimate of drug-likeness (QED) is 0.798. The van der Waals surface area contributed by atoms with Crippen molar-refractivity contribution in [2.75, 3.05) is 33.4 Å². The maximum atomic E-state index is 13.5. The van der Waals surface area contributed by atoms with Crippen LogP contribution in [0.4, 0.5) is 4.39 Å². The van der Waals surface area contributed by atoms with Crippen molar-refractivity contribution in [1.82, 2.24) is 10.2 Å². The first kappa shape index (κ1) is 21.3. The Morgan fingerprint density at radius 2 is 1.71 bits per heavy atom. The van der Waals surface area contributed by atoms with Crippen LogP contribution in [0.15, 0.2) is 48.5 Å². The fourth-order valence-corrected chi connectivity index (χ4v) is 4.54. The number of carbonyl (C=O) groups is 2. The Balaban J connectivity index is 1.50. The minimum absolute atomic E-state index is 0.0721. The van der Waals surface area contributed by atoms with E-state index in [1.807, 2.05) is 4.90 Å². The Labute approximate surface area is 181 Å². The zero-order valence-corrected chi connectivity index (χ0v) is 17.6. The number of ether oxygens (including phenoxy) is 2. The molecule has 1 heterocycles. The van der Waals surface area contributed by atoms with Crippen LogP contribution in [0.3, 0.4) is 0 Å². The summed E-state index contributed by atoms with van der Waals surface area (Å²) >= 11 is 0. The molecule has 3 atom stereocenters. The molecule has 4 rings (SSSR count). The monoisotopic (exact) mass is 426 g/mol. The van der Waals surface area contributed by atoms with Crippen LogP contribution >= 0.6 is 0 Å². The predicted molar refractivity (Wildman–Crippen MR) is 114 cm³/mol. The van der Waals surface area contributed by atoms with Crippen LogP contribution in [-0.2, 0) is 9.53 Å². The van der Waals surface area contributed by atoms with Crippen molar-refractivity contribution in [2.24, 2.45) is 5.92 Å². The van der Waals surface area contributed by atoms with Gasteiger partial charge in [-0.05, 0) is 60.7 Å². The van der Waals surface area contributed by atoms with Crippen molar-refractivity contribution < 1.29 is 23.5 Å². The van der Waals surface area contributed by atoms with Gasteiger partial charge in [0.15, 0.2) is 0 Å². The summed E-state index contributed by atoms with van der Waals surface area (Å²) < 4.78 is 24.0. The van der Waals surface area contributed by atoms with E-state index in [9.17, 15) is 14.0 Å². The van der Waals surface area contributed by atoms with Crippen LogP contribution in [0.2, 0.25) is 0 Å². The largest absolute Gasteiger partial charge is 0.497 e. The molecule has 7 heteroatoms. The molecular weight excluding hydrogens is 399 g/mol. The first-order valence-corrected chi connectivity index (χ1v) is 10.6. The molecule has 1 aliphatic heterocycles. The molecule has 2 aromatic carbocycles. The smallest absolute Gasteiger partial charge is 0.251 e. The number of carbonyl (C=O) groups excluding carboxylic acids is 2. The van der Waals surface area contributed by atoms with E-state index in [4.69, 9.17) is 9.47 Å². The van der Waals surface area contributed by atoms with Crippen LogP contribution in [0.5, 0.6) is 5.75 Å². The SMILES string of the molecule is COc1ccc(C(=O)N[C@@H]2C[C@H](C(=O)N3CCOCC3)[C@@H](c3ccc(F)cc3)C2)cc1. The van der Waals surface area contributed by atoms with Gasteiger partial charge in [0.25, 0.3) is 5.91 Å². The maximum Gasteiger partial charge on any atom is 0.251 e. The van der Waals surface area contributed by atoms with E-state index in [2.05, 4.69) is 5.32 Å². The number of hydrogen-bond donors (Lipinski definition) is 1. The van der Waals surface area contributed by atoms with Gasteiger partial charge in [-0.1, -0.05) is 12.1 Å². The Morgan fingerprint density at radius 3 is 2.35 bits per heavy atom. The van der Waals surface area contributed by atoms with Crippen molar-refractivity contribution >= 4 is 11.8 Å². The fourth-order valence-electron chi connectivity index (χ4n) is 4.54. The van der Waals surface area contributed by atoms with E-state index in [1.165, 1.54) is 12.1 Å². The molecule has 0 aromatic heterocycles. The number of amides is 2. The van der Waals surface area contributed by atoms with E-state index in [1.54, 1.807) is 43.5 Å². The zero-order valence-electron chi connectivity index (χ0n) is 17.6. The third kappa shape index (κ3) is 4.88. The van der Waals surface area contributed by atoms with E-state index >= 15 is 0 Å². The zero-order chi connectivity index (χ0) is 21.8. The van der Waals surface area contributed by atoms with Gasteiger partial charge in [0, 0.05) is 30.6 Å². The normalized spacial score (nSPS) is 23.4. The molecular formula is C24H27FN2O4. The summed E-state index contributed by atoms with van der Waals surface area (Å²) in [7, 11) is 1.58. The van der Waals surface area contributed by atoms with Crippen molar-refractivity contribution in [2.45, 2.75) is 24.8 Å². The lowest BCUT2D eigenvalue weighted by atomic mass is 9.88. The molecule has 2 aromatic rings. The Hall–Kier alpha value is -2.93. The topological polar surface area (TPSA) is 67.9 Å². The van der Waals surface area contributed by atoms with Gasteiger partial charge in [-0.2, -0.15) is 0 Å². The number of nitrogens with zero attached hydrogens (tertiary/aromatic N) is 1. The van der Waals surface area contributed by atoms with Crippen LogP contribution in [0, 0.1) is 11.7 Å². The van der Waals surface area contributed by atoms with Crippen molar-refractivity contribution in [3.63, 3.8) is 0 Å². The van der Waals surface area contributed by atoms with Crippen LogP contribution < -0.4 is 10.1 Å². The van der Waals surface area contributed by atoms with Gasteiger partial charge >= 0.3 is 0 Å². The van der Waals surface area contributed by atoms with Gasteiger partial charge in [0.1, 0.15) is 11.6 Å². The maximum absolute atomic E-state index is 13.5. The van der Waals surface area contributed by atoms with Crippen LogP contribution in [0.1, 0.15) is 34.7 Å². The minimum Gasteiger partial charge on any atom is -0.497 e. The molecule has 1 aliphatic carbocycles. The molecule has 2 fully saturated rings. The van der Waals surface area contributed by atoms with E-state index in [0.29, 0.717) is 50.5 Å². The van der Waals surface area contributed by atoms with Crippen LogP contribution in [0.25, 0.3) is 0 Å². The summed E-state index contributed by atoms with van der Waals surface area (Å²) in [6.07, 6.45) is 1.19. The number of nitrogens with one attached hydrogen (secondary N) is 1. The Morgan fingerprint density at radius 1 is 1.03 bits per heavy atom. The number of benzene rings is 2. The fraction of sp³-hybridized carbons (Fsp3) is 0.417. The molecule has 1 saturated heterocycles. The van der Waals surface area contributed by atoms with Crippen molar-refractivity contribution in [3.05, 3.63) is 65.5 Å². The summed E-state index contributed by atoms with van der Waals surface area (Å²) in [5.74, 6) is -0.0437. The minimum atomic E-state index is -0.304. The molecule has 0 bridgehead atoms. The van der Waals surface area contributed by atoms with E-state index in [0.717, 1.165) is 5.56 Å². The number of rotatable bonds is 5. The van der Waals surface area contributed by atoms with Gasteiger partial charge in [0.05, 0.1) is 20.3 Å². The molecule has 1 N–H and O–H groups in total. The lowest BCUT2D eigenvalue weighted by Crippen LogP contribution is -2.44. The van der Waals surface area contributed by atoms with E-state index in [-0.39, 0.29) is 35.5 Å². The van der Waals surface area contributed by atoms with Crippen molar-refractivity contribution in [1.29, 1.82) is 0 Å². The molecule has 0 unspecified atom stereocenters. The summed E-state index contributed by atoms with van der Waals surface area (Å²) in [6, 6.07) is 13.1. The van der Waals surface area contributed by atoms with Gasteiger partial charge in [-0.25, -0.2) is 4.39 Å². The highest BCUT2D eigenvalue weighted by atomic mass is 19.1. The molecule has 6 nitrogen and oxygen atoms in total. The highest BCUT2D eigenvalue weighted by molar-refractivity contribution is 5.94. The summed E-state index contributed by atoms with van der Waals surface area (Å²) in [6.45, 7) is 2.23. The standard InChI is InChI=1S/C24H27FN2O4/c1-30-20-8-4-17(5-9-20)23(28)26-19-14-21(16-2-6-18(25)7-3-16)22(15-19)24(29)27-10-12-31-13-11-27/h2-9,19,21-22H,10-15H2,1H3,(H,26,28)/t19-,21+,22-/m0/s1. The van der Waals surface area contributed by atoms with Crippen molar-refractivity contribution in [3.8, 4) is 5.75 Å². The van der Waals surface area contributed by atoms with Crippen LogP contribution in [-0.4, -0.2) is 56.2 Å². The predicted octanol–water partition coefficient (Wildman–Crippen LogP) is 2.99. The van der Waals surface area contributed by atoms with Gasteiger partial charge in [0.2, 0.25) is 5.91 Å². The second kappa shape index (κ2) is 9.47. The highest BCUT2D eigenvalue weighted by Gasteiger charge is 2.42. The van der Waals surface area contributed by atoms with Gasteiger partial charge < -0.3 is 19.7 Å². The molecule has 0 radical (unpaired) electrons. The average Bonchev–Trinajstić information content (AvgIpc) is 3.23. The number of morpholine rings is 1. The summed E-state index contributed by atoms with van der Waals surface area (Å²) in [5.41, 5.74) is 1.47. The third-order valence-corrected chi connectivity index (χ3v) is 6.19. The summed E-state index contributed by atoms with van der Waals surface area (Å²) in [4.78, 5) is 27.9. The number of hydrogen-bond acceptors (Lipinski definition) is 4. The molecule has 164 valence electrons. The van der Waals surface area contributed by atoms with Gasteiger partial charge in [-0.3, -0.25) is 9.59 Å². The molecule has 1 saturated carbocycles. The first-order chi connectivity index (χ1) is 15.0. The highest BCUT2D eigenvalue weighted by Crippen LogP contribution is 2.41. The third-order valence-electron chi connectivity index (χ3n) is 6.19. The Kier molecular flexibility index (Phi) is 6.51. The second-order valence-corrected chi connectivity index (χ2v) is 8.07. The van der Waals surface area contributed by atoms with Gasteiger partial charge in [-0.15, -0.1) is 0 Å². The lowest BCUT2D eigenvalue weighted by Gasteiger charge is -2.31. The lowest BCUT2D eigenvalue weighted by molar-refractivity contribution is -0.140. The summed E-state index contributed by atoms with van der Waals surface area (Å²) in [5, 5.41) is 3.08. The molecule has 31 heavy (non-hydrogen) atoms. The van der Waals surface area contributed by atoms with E-state index < -0.39 is 0 Å². The molecule has 2 amide bonds.